The highest BCUT2D eigenvalue weighted by Gasteiger charge is 2.44. The van der Waals surface area contributed by atoms with Gasteiger partial charge in [0.05, 0.1) is 5.41 Å². The Labute approximate surface area is 224 Å². The molecule has 5 atom stereocenters. The van der Waals surface area contributed by atoms with Crippen molar-refractivity contribution in [2.45, 2.75) is 76.3 Å². The number of nitrogens with one attached hydrogen (secondary N) is 1. The monoisotopic (exact) mass is 530 g/mol. The Kier molecular flexibility index (Phi) is 10.6. The molecule has 2 aromatic carbocycles. The first-order valence-electron chi connectivity index (χ1n) is 12.9. The van der Waals surface area contributed by atoms with Gasteiger partial charge < -0.3 is 31.1 Å². The highest BCUT2D eigenvalue weighted by atomic mass is 32.2. The minimum absolute atomic E-state index is 0.287. The van der Waals surface area contributed by atoms with Crippen molar-refractivity contribution < 1.29 is 24.9 Å². The van der Waals surface area contributed by atoms with Gasteiger partial charge in [0.25, 0.3) is 0 Å². The molecule has 5 unspecified atom stereocenters. The van der Waals surface area contributed by atoms with Crippen molar-refractivity contribution in [3.63, 3.8) is 0 Å². The molecule has 1 amide bonds. The van der Waals surface area contributed by atoms with Gasteiger partial charge in [0.2, 0.25) is 5.91 Å². The van der Waals surface area contributed by atoms with Crippen LogP contribution in [0.2, 0.25) is 0 Å². The molecule has 6 N–H and O–H groups in total. The van der Waals surface area contributed by atoms with E-state index in [-0.39, 0.29) is 5.91 Å². The fourth-order valence-electron chi connectivity index (χ4n) is 4.49. The molecule has 0 aromatic heterocycles. The van der Waals surface area contributed by atoms with Crippen molar-refractivity contribution in [1.82, 2.24) is 5.32 Å². The van der Waals surface area contributed by atoms with Crippen LogP contribution in [0.3, 0.4) is 0 Å². The fourth-order valence-corrected chi connectivity index (χ4v) is 5.16. The van der Waals surface area contributed by atoms with Crippen molar-refractivity contribution in [3.8, 4) is 0 Å². The maximum absolute atomic E-state index is 11.4. The van der Waals surface area contributed by atoms with Crippen LogP contribution in [0.1, 0.15) is 60.6 Å². The highest BCUT2D eigenvalue weighted by Crippen LogP contribution is 2.36. The van der Waals surface area contributed by atoms with Gasteiger partial charge in [-0.05, 0) is 87.1 Å². The molecule has 1 aliphatic rings. The standard InChI is InChI=1S/C29H42N2O5S/c1-18-8-13-21(26-24(33)23(32)25(34)27(36-26)37-4)16-22(18)15-20-11-9-19(10-12-20)7-5-6-14-31-17-29(2,3)28(30)35/h8-13,16,23-27,31-34H,5-7,14-15,17H2,1-4H3,(H2,30,35). The number of carbonyl (C=O) groups excluding carboxylic acids is 1. The van der Waals surface area contributed by atoms with Gasteiger partial charge in [-0.25, -0.2) is 0 Å². The van der Waals surface area contributed by atoms with Gasteiger partial charge >= 0.3 is 0 Å². The summed E-state index contributed by atoms with van der Waals surface area (Å²) in [6.45, 7) is 7.21. The summed E-state index contributed by atoms with van der Waals surface area (Å²) in [5.74, 6) is -0.287. The fraction of sp³-hybridized carbons (Fsp3) is 0.552. The summed E-state index contributed by atoms with van der Waals surface area (Å²) < 4.78 is 5.94. The number of thioether (sulfide) groups is 1. The molecule has 0 radical (unpaired) electrons. The van der Waals surface area contributed by atoms with Crippen LogP contribution in [0.15, 0.2) is 42.5 Å². The molecule has 0 saturated carbocycles. The van der Waals surface area contributed by atoms with Crippen molar-refractivity contribution >= 4 is 17.7 Å². The first-order chi connectivity index (χ1) is 17.5. The summed E-state index contributed by atoms with van der Waals surface area (Å²) in [6.07, 6.45) is 1.36. The minimum Gasteiger partial charge on any atom is -0.387 e. The molecule has 0 aliphatic carbocycles. The first-order valence-corrected chi connectivity index (χ1v) is 14.2. The summed E-state index contributed by atoms with van der Waals surface area (Å²) in [6, 6.07) is 14.6. The second-order valence-corrected chi connectivity index (χ2v) is 11.6. The molecule has 0 bridgehead atoms. The molecule has 0 spiro atoms. The molecule has 3 rings (SSSR count). The molecule has 1 heterocycles. The van der Waals surface area contributed by atoms with Gasteiger partial charge in [-0.3, -0.25) is 4.79 Å². The highest BCUT2D eigenvalue weighted by molar-refractivity contribution is 7.99. The number of rotatable bonds is 12. The molecule has 2 aromatic rings. The number of hydrogen-bond donors (Lipinski definition) is 5. The van der Waals surface area contributed by atoms with E-state index in [1.807, 2.05) is 38.3 Å². The van der Waals surface area contributed by atoms with Gasteiger partial charge in [-0.15, -0.1) is 11.8 Å². The summed E-state index contributed by atoms with van der Waals surface area (Å²) in [5, 5.41) is 34.3. The smallest absolute Gasteiger partial charge is 0.224 e. The van der Waals surface area contributed by atoms with Gasteiger partial charge in [0.15, 0.2) is 0 Å². The Morgan fingerprint density at radius 3 is 2.35 bits per heavy atom. The van der Waals surface area contributed by atoms with Crippen molar-refractivity contribution in [2.24, 2.45) is 11.1 Å². The first kappa shape index (κ1) is 29.6. The van der Waals surface area contributed by atoms with Crippen LogP contribution in [0.5, 0.6) is 0 Å². The van der Waals surface area contributed by atoms with Gasteiger partial charge in [-0.2, -0.15) is 0 Å². The number of aryl methyl sites for hydroxylation is 2. The van der Waals surface area contributed by atoms with E-state index in [1.165, 1.54) is 22.9 Å². The third-order valence-corrected chi connectivity index (χ3v) is 8.08. The Morgan fingerprint density at radius 1 is 1.03 bits per heavy atom. The predicted octanol–water partition coefficient (Wildman–Crippen LogP) is 2.85. The molecule has 204 valence electrons. The average Bonchev–Trinajstić information content (AvgIpc) is 2.87. The number of ether oxygens (including phenoxy) is 1. The molecule has 1 aliphatic heterocycles. The van der Waals surface area contributed by atoms with Crippen LogP contribution in [0.25, 0.3) is 0 Å². The van der Waals surface area contributed by atoms with E-state index in [0.717, 1.165) is 48.9 Å². The summed E-state index contributed by atoms with van der Waals surface area (Å²) in [4.78, 5) is 11.4. The molecule has 1 fully saturated rings. The lowest BCUT2D eigenvalue weighted by Gasteiger charge is -2.40. The normalized spacial score (nSPS) is 24.2. The summed E-state index contributed by atoms with van der Waals surface area (Å²) in [5.41, 5.74) is 9.84. The Bertz CT molecular complexity index is 1030. The summed E-state index contributed by atoms with van der Waals surface area (Å²) in [7, 11) is 0. The van der Waals surface area contributed by atoms with Crippen molar-refractivity contribution in [1.29, 1.82) is 0 Å². The lowest BCUT2D eigenvalue weighted by Crippen LogP contribution is -2.52. The van der Waals surface area contributed by atoms with E-state index < -0.39 is 35.3 Å². The molecular formula is C29H42N2O5S. The molecule has 8 heteroatoms. The van der Waals surface area contributed by atoms with E-state index >= 15 is 0 Å². The van der Waals surface area contributed by atoms with E-state index in [2.05, 4.69) is 36.5 Å². The number of aliphatic hydroxyl groups is 3. The van der Waals surface area contributed by atoms with Crippen molar-refractivity contribution in [2.75, 3.05) is 19.3 Å². The predicted molar refractivity (Wildman–Crippen MR) is 148 cm³/mol. The Morgan fingerprint density at radius 2 is 1.70 bits per heavy atom. The second-order valence-electron chi connectivity index (χ2n) is 10.7. The second kappa shape index (κ2) is 13.2. The van der Waals surface area contributed by atoms with E-state index in [4.69, 9.17) is 10.5 Å². The molecular weight excluding hydrogens is 488 g/mol. The van der Waals surface area contributed by atoms with Crippen LogP contribution in [0, 0.1) is 12.3 Å². The quantitative estimate of drug-likeness (QED) is 0.267. The number of primary amides is 1. The number of unbranched alkanes of at least 4 members (excludes halogenated alkanes) is 1. The molecule has 1 saturated heterocycles. The van der Waals surface area contributed by atoms with Crippen LogP contribution >= 0.6 is 11.8 Å². The van der Waals surface area contributed by atoms with Crippen molar-refractivity contribution in [3.05, 3.63) is 70.3 Å². The van der Waals surface area contributed by atoms with E-state index in [1.54, 1.807) is 0 Å². The van der Waals surface area contributed by atoms with Crippen LogP contribution in [0.4, 0.5) is 0 Å². The SMILES string of the molecule is CSC1OC(c2ccc(C)c(Cc3ccc(CCCCNCC(C)(C)C(N)=O)cc3)c2)C(O)C(O)C1O. The molecule has 37 heavy (non-hydrogen) atoms. The number of benzene rings is 2. The number of hydrogen-bond acceptors (Lipinski definition) is 7. The number of aliphatic hydroxyl groups excluding tert-OH is 3. The molecule has 7 nitrogen and oxygen atoms in total. The number of carbonyl (C=O) groups is 1. The zero-order valence-electron chi connectivity index (χ0n) is 22.3. The average molecular weight is 531 g/mol. The zero-order chi connectivity index (χ0) is 27.2. The Balaban J connectivity index is 1.54. The third kappa shape index (κ3) is 7.78. The lowest BCUT2D eigenvalue weighted by molar-refractivity contribution is -0.200. The zero-order valence-corrected chi connectivity index (χ0v) is 23.1. The topological polar surface area (TPSA) is 125 Å². The van der Waals surface area contributed by atoms with Crippen LogP contribution < -0.4 is 11.1 Å². The maximum atomic E-state index is 11.4. The van der Waals surface area contributed by atoms with Gasteiger partial charge in [0.1, 0.15) is 29.9 Å². The van der Waals surface area contributed by atoms with Gasteiger partial charge in [-0.1, -0.05) is 42.5 Å². The van der Waals surface area contributed by atoms with E-state index in [0.29, 0.717) is 6.54 Å². The lowest BCUT2D eigenvalue weighted by atomic mass is 9.91. The van der Waals surface area contributed by atoms with E-state index in [9.17, 15) is 20.1 Å². The number of nitrogens with two attached hydrogens (primary N) is 1. The van der Waals surface area contributed by atoms with Crippen LogP contribution in [-0.2, 0) is 22.4 Å². The number of amides is 1. The maximum Gasteiger partial charge on any atom is 0.224 e. The minimum atomic E-state index is -1.26. The van der Waals surface area contributed by atoms with Gasteiger partial charge in [0, 0.05) is 6.54 Å². The summed E-state index contributed by atoms with van der Waals surface area (Å²) >= 11 is 1.32. The Hall–Kier alpha value is -1.94. The van der Waals surface area contributed by atoms with Crippen LogP contribution in [-0.4, -0.2) is 64.3 Å². The largest absolute Gasteiger partial charge is 0.387 e. The third-order valence-electron chi connectivity index (χ3n) is 7.22.